The molecule has 8 heteroatoms. The van der Waals surface area contributed by atoms with E-state index in [4.69, 9.17) is 22.3 Å². The van der Waals surface area contributed by atoms with Crippen LogP contribution < -0.4 is 22.5 Å². The van der Waals surface area contributed by atoms with E-state index in [-0.39, 0.29) is 11.6 Å². The lowest BCUT2D eigenvalue weighted by atomic mass is 10.3. The molecule has 0 saturated heterocycles. The Morgan fingerprint density at radius 3 is 2.13 bits per heavy atom. The van der Waals surface area contributed by atoms with E-state index in [0.29, 0.717) is 17.2 Å². The van der Waals surface area contributed by atoms with Crippen molar-refractivity contribution in [3.63, 3.8) is 0 Å². The van der Waals surface area contributed by atoms with Crippen LogP contribution in [0.5, 0.6) is 5.75 Å². The SMILES string of the molecule is CC.COC(=O)Nc1ccc(N)c(N)n1.Nc1ccccc1O. The summed E-state index contributed by atoms with van der Waals surface area (Å²) in [5.74, 6) is 0.625. The molecule has 0 aliphatic carbocycles. The van der Waals surface area contributed by atoms with Crippen LogP contribution in [-0.4, -0.2) is 23.3 Å². The van der Waals surface area contributed by atoms with Crippen molar-refractivity contribution in [2.24, 2.45) is 0 Å². The summed E-state index contributed by atoms with van der Waals surface area (Å²) in [6.07, 6.45) is -0.600. The maximum Gasteiger partial charge on any atom is 0.412 e. The number of nitrogens with two attached hydrogens (primary N) is 3. The minimum absolute atomic E-state index is 0.146. The highest BCUT2D eigenvalue weighted by Crippen LogP contribution is 2.16. The molecule has 2 aromatic rings. The normalized spacial score (nSPS) is 8.65. The number of ether oxygens (including phenoxy) is 1. The number of anilines is 4. The first-order valence-electron chi connectivity index (χ1n) is 6.84. The summed E-state index contributed by atoms with van der Waals surface area (Å²) < 4.78 is 4.36. The molecule has 23 heavy (non-hydrogen) atoms. The van der Waals surface area contributed by atoms with Gasteiger partial charge >= 0.3 is 6.09 Å². The van der Waals surface area contributed by atoms with Gasteiger partial charge in [0.25, 0.3) is 0 Å². The largest absolute Gasteiger partial charge is 0.506 e. The summed E-state index contributed by atoms with van der Waals surface area (Å²) in [5, 5.41) is 11.1. The third-order valence-corrected chi connectivity index (χ3v) is 2.31. The van der Waals surface area contributed by atoms with Gasteiger partial charge in [0.1, 0.15) is 17.4 Å². The van der Waals surface area contributed by atoms with E-state index in [9.17, 15) is 4.79 Å². The van der Waals surface area contributed by atoms with Crippen molar-refractivity contribution in [3.05, 3.63) is 36.4 Å². The van der Waals surface area contributed by atoms with Crippen LogP contribution in [-0.2, 0) is 4.74 Å². The lowest BCUT2D eigenvalue weighted by molar-refractivity contribution is 0.187. The number of methoxy groups -OCH3 is 1. The van der Waals surface area contributed by atoms with Crippen LogP contribution in [0.15, 0.2) is 36.4 Å². The van der Waals surface area contributed by atoms with Gasteiger partial charge in [0, 0.05) is 0 Å². The molecule has 1 aromatic heterocycles. The van der Waals surface area contributed by atoms with Gasteiger partial charge in [-0.1, -0.05) is 26.0 Å². The molecule has 0 saturated carbocycles. The molecule has 126 valence electrons. The molecular formula is C15H23N5O3. The van der Waals surface area contributed by atoms with Crippen molar-refractivity contribution < 1.29 is 14.6 Å². The Labute approximate surface area is 135 Å². The lowest BCUT2D eigenvalue weighted by Gasteiger charge is -2.04. The van der Waals surface area contributed by atoms with Gasteiger partial charge in [-0.3, -0.25) is 5.32 Å². The maximum absolute atomic E-state index is 10.7. The molecule has 0 unspecified atom stereocenters. The molecule has 0 radical (unpaired) electrons. The Balaban J connectivity index is 0.000000414. The number of rotatable bonds is 1. The first-order valence-corrected chi connectivity index (χ1v) is 6.84. The second kappa shape index (κ2) is 10.6. The fraction of sp³-hybridized carbons (Fsp3) is 0.200. The average Bonchev–Trinajstić information content (AvgIpc) is 2.56. The molecule has 1 heterocycles. The summed E-state index contributed by atoms with van der Waals surface area (Å²) in [6, 6.07) is 9.78. The smallest absolute Gasteiger partial charge is 0.412 e. The molecule has 2 rings (SSSR count). The molecule has 0 aliphatic rings. The number of aromatic hydroxyl groups is 1. The summed E-state index contributed by atoms with van der Waals surface area (Å²) in [6.45, 7) is 4.00. The molecule has 1 aromatic carbocycles. The van der Waals surface area contributed by atoms with Crippen molar-refractivity contribution in [3.8, 4) is 5.75 Å². The van der Waals surface area contributed by atoms with Gasteiger partial charge in [-0.2, -0.15) is 0 Å². The number of para-hydroxylation sites is 2. The highest BCUT2D eigenvalue weighted by atomic mass is 16.5. The number of carbonyl (C=O) groups excluding carboxylic acids is 1. The third-order valence-electron chi connectivity index (χ3n) is 2.31. The third kappa shape index (κ3) is 7.42. The fourth-order valence-electron chi connectivity index (χ4n) is 1.20. The lowest BCUT2D eigenvalue weighted by Crippen LogP contribution is -2.12. The van der Waals surface area contributed by atoms with E-state index >= 15 is 0 Å². The van der Waals surface area contributed by atoms with Crippen LogP contribution in [0, 0.1) is 0 Å². The number of hydrogen-bond acceptors (Lipinski definition) is 7. The summed E-state index contributed by atoms with van der Waals surface area (Å²) in [4.78, 5) is 14.5. The average molecular weight is 321 g/mol. The van der Waals surface area contributed by atoms with Crippen LogP contribution in [0.3, 0.4) is 0 Å². The molecule has 0 spiro atoms. The number of carbonyl (C=O) groups is 1. The van der Waals surface area contributed by atoms with Gasteiger partial charge in [0.15, 0.2) is 0 Å². The zero-order chi connectivity index (χ0) is 17.8. The first kappa shape index (κ1) is 19.8. The standard InChI is InChI=1S/C7H10N4O2.C6H7NO.C2H6/c1-13-7(12)11-5-3-2-4(8)6(9)10-5;7-5-3-1-2-4-6(5)8;1-2/h2-3H,8H2,1H3,(H3,9,10,11,12);1-4,8H,7H2;1-2H3. The number of nitrogen functional groups attached to an aromatic ring is 3. The quantitative estimate of drug-likeness (QED) is 0.400. The second-order valence-electron chi connectivity index (χ2n) is 3.85. The van der Waals surface area contributed by atoms with E-state index in [1.54, 1.807) is 30.3 Å². The Kier molecular flexibility index (Phi) is 9.10. The molecule has 0 bridgehead atoms. The molecular weight excluding hydrogens is 298 g/mol. The number of amides is 1. The van der Waals surface area contributed by atoms with E-state index in [2.05, 4.69) is 15.0 Å². The zero-order valence-corrected chi connectivity index (χ0v) is 13.4. The van der Waals surface area contributed by atoms with Crippen molar-refractivity contribution in [2.75, 3.05) is 29.6 Å². The van der Waals surface area contributed by atoms with E-state index in [0.717, 1.165) is 0 Å². The van der Waals surface area contributed by atoms with E-state index in [1.807, 2.05) is 13.8 Å². The molecule has 0 aliphatic heterocycles. The summed E-state index contributed by atoms with van der Waals surface area (Å²) >= 11 is 0. The van der Waals surface area contributed by atoms with Gasteiger partial charge in [-0.15, -0.1) is 0 Å². The van der Waals surface area contributed by atoms with Crippen LogP contribution in [0.1, 0.15) is 13.8 Å². The molecule has 8 nitrogen and oxygen atoms in total. The maximum atomic E-state index is 10.7. The van der Waals surface area contributed by atoms with Gasteiger partial charge in [-0.05, 0) is 24.3 Å². The van der Waals surface area contributed by atoms with Crippen LogP contribution in [0.25, 0.3) is 0 Å². The minimum atomic E-state index is -0.600. The van der Waals surface area contributed by atoms with Gasteiger partial charge < -0.3 is 27.0 Å². The monoisotopic (exact) mass is 321 g/mol. The number of aromatic nitrogens is 1. The number of phenolic OH excluding ortho intramolecular Hbond substituents is 1. The molecule has 0 atom stereocenters. The van der Waals surface area contributed by atoms with Crippen molar-refractivity contribution in [2.45, 2.75) is 13.8 Å². The van der Waals surface area contributed by atoms with E-state index in [1.165, 1.54) is 13.2 Å². The number of phenols is 1. The van der Waals surface area contributed by atoms with Crippen molar-refractivity contribution in [1.29, 1.82) is 0 Å². The Hall–Kier alpha value is -3.16. The molecule has 0 fully saturated rings. The highest BCUT2D eigenvalue weighted by molar-refractivity contribution is 5.83. The summed E-state index contributed by atoms with van der Waals surface area (Å²) in [5.41, 5.74) is 16.9. The van der Waals surface area contributed by atoms with Gasteiger partial charge in [-0.25, -0.2) is 9.78 Å². The van der Waals surface area contributed by atoms with Crippen molar-refractivity contribution >= 4 is 29.1 Å². The predicted molar refractivity (Wildman–Crippen MR) is 93.0 cm³/mol. The Morgan fingerprint density at radius 2 is 1.70 bits per heavy atom. The summed E-state index contributed by atoms with van der Waals surface area (Å²) in [7, 11) is 1.26. The molecule has 8 N–H and O–H groups in total. The van der Waals surface area contributed by atoms with Crippen LogP contribution in [0.4, 0.5) is 27.8 Å². The Bertz CT molecular complexity index is 599. The minimum Gasteiger partial charge on any atom is -0.506 e. The van der Waals surface area contributed by atoms with Gasteiger partial charge in [0.2, 0.25) is 0 Å². The van der Waals surface area contributed by atoms with Crippen LogP contribution >= 0.6 is 0 Å². The van der Waals surface area contributed by atoms with Crippen molar-refractivity contribution in [1.82, 2.24) is 4.98 Å². The Morgan fingerprint density at radius 1 is 1.09 bits per heavy atom. The number of hydrogen-bond donors (Lipinski definition) is 5. The second-order valence-corrected chi connectivity index (χ2v) is 3.85. The van der Waals surface area contributed by atoms with E-state index < -0.39 is 6.09 Å². The number of nitrogens with one attached hydrogen (secondary N) is 1. The topological polar surface area (TPSA) is 150 Å². The highest BCUT2D eigenvalue weighted by Gasteiger charge is 2.03. The number of benzene rings is 1. The number of nitrogens with zero attached hydrogens (tertiary/aromatic N) is 1. The van der Waals surface area contributed by atoms with Gasteiger partial charge in [0.05, 0.1) is 18.5 Å². The zero-order valence-electron chi connectivity index (χ0n) is 13.4. The predicted octanol–water partition coefficient (Wildman–Crippen LogP) is 2.42. The molecule has 1 amide bonds. The van der Waals surface area contributed by atoms with Crippen LogP contribution in [0.2, 0.25) is 0 Å². The fourth-order valence-corrected chi connectivity index (χ4v) is 1.20. The first-order chi connectivity index (χ1) is 10.9. The number of pyridine rings is 1.